The zero-order valence-corrected chi connectivity index (χ0v) is 15.7. The summed E-state index contributed by atoms with van der Waals surface area (Å²) in [5, 5.41) is 14.4. The second kappa shape index (κ2) is 8.39. The summed E-state index contributed by atoms with van der Waals surface area (Å²) >= 11 is 1.36. The number of thioether (sulfide) groups is 1. The Hall–Kier alpha value is -2.29. The van der Waals surface area contributed by atoms with Crippen molar-refractivity contribution in [2.45, 2.75) is 55.6 Å². The predicted octanol–water partition coefficient (Wildman–Crippen LogP) is 1.88. The number of nitrogens with zero attached hydrogens (tertiary/aromatic N) is 3. The highest BCUT2D eigenvalue weighted by atomic mass is 32.2. The number of hydrogen-bond donors (Lipinski definition) is 2. The van der Waals surface area contributed by atoms with E-state index in [4.69, 9.17) is 4.42 Å². The zero-order chi connectivity index (χ0) is 18.5. The molecular weight excluding hydrogens is 354 g/mol. The van der Waals surface area contributed by atoms with Gasteiger partial charge in [-0.15, -0.1) is 10.2 Å². The van der Waals surface area contributed by atoms with Gasteiger partial charge in [0.05, 0.1) is 18.1 Å². The van der Waals surface area contributed by atoms with Crippen molar-refractivity contribution in [1.29, 1.82) is 0 Å². The molecule has 0 unspecified atom stereocenters. The van der Waals surface area contributed by atoms with Crippen LogP contribution in [0.25, 0.3) is 0 Å². The van der Waals surface area contributed by atoms with Crippen molar-refractivity contribution in [3.8, 4) is 0 Å². The summed E-state index contributed by atoms with van der Waals surface area (Å²) < 4.78 is 6.83. The fourth-order valence-corrected chi connectivity index (χ4v) is 3.70. The molecule has 1 aliphatic carbocycles. The predicted molar refractivity (Wildman–Crippen MR) is 96.6 cm³/mol. The van der Waals surface area contributed by atoms with Crippen LogP contribution in [0.1, 0.15) is 49.0 Å². The van der Waals surface area contributed by atoms with Gasteiger partial charge in [0.15, 0.2) is 16.7 Å². The first-order valence-electron chi connectivity index (χ1n) is 8.71. The summed E-state index contributed by atoms with van der Waals surface area (Å²) in [7, 11) is 1.82. The van der Waals surface area contributed by atoms with E-state index in [9.17, 15) is 9.59 Å². The molecule has 2 amide bonds. The maximum atomic E-state index is 12.3. The molecule has 2 aromatic heterocycles. The van der Waals surface area contributed by atoms with Crippen molar-refractivity contribution in [2.24, 2.45) is 7.05 Å². The Bertz CT molecular complexity index is 753. The molecule has 0 saturated heterocycles. The summed E-state index contributed by atoms with van der Waals surface area (Å²) in [4.78, 5) is 24.2. The van der Waals surface area contributed by atoms with Crippen molar-refractivity contribution in [2.75, 3.05) is 0 Å². The van der Waals surface area contributed by atoms with Crippen LogP contribution in [-0.4, -0.2) is 37.9 Å². The average Bonchev–Trinajstić information content (AvgIpc) is 3.37. The maximum Gasteiger partial charge on any atom is 0.287 e. The van der Waals surface area contributed by atoms with Crippen molar-refractivity contribution in [1.82, 2.24) is 25.4 Å². The number of carbonyl (C=O) groups excluding carboxylic acids is 2. The fraction of sp³-hybridized carbons (Fsp3) is 0.529. The molecule has 1 aliphatic rings. The Morgan fingerprint density at radius 1 is 1.38 bits per heavy atom. The number of furan rings is 1. The second-order valence-corrected chi connectivity index (χ2v) is 7.68. The average molecular weight is 377 g/mol. The standard InChI is InChI=1S/C17H23N5O3S/c1-11(15(23)19-12-6-3-4-7-12)26-17-21-20-14(22(17)2)10-18-16(24)13-8-5-9-25-13/h5,8-9,11-12H,3-4,6-7,10H2,1-2H3,(H,18,24)(H,19,23)/t11-/m0/s1. The first-order valence-corrected chi connectivity index (χ1v) is 9.59. The number of amides is 2. The summed E-state index contributed by atoms with van der Waals surface area (Å²) in [6.07, 6.45) is 5.94. The van der Waals surface area contributed by atoms with Gasteiger partial charge in [0.25, 0.3) is 5.91 Å². The van der Waals surface area contributed by atoms with E-state index in [0.29, 0.717) is 17.0 Å². The molecule has 0 spiro atoms. The van der Waals surface area contributed by atoms with Gasteiger partial charge in [0, 0.05) is 13.1 Å². The molecule has 0 aliphatic heterocycles. The molecule has 1 saturated carbocycles. The smallest absolute Gasteiger partial charge is 0.287 e. The Morgan fingerprint density at radius 3 is 2.85 bits per heavy atom. The van der Waals surface area contributed by atoms with Crippen LogP contribution in [0.4, 0.5) is 0 Å². The highest BCUT2D eigenvalue weighted by Crippen LogP contribution is 2.23. The fourth-order valence-electron chi connectivity index (χ4n) is 2.86. The van der Waals surface area contributed by atoms with Crippen LogP contribution in [-0.2, 0) is 18.4 Å². The third-order valence-corrected chi connectivity index (χ3v) is 5.56. The van der Waals surface area contributed by atoms with E-state index in [2.05, 4.69) is 20.8 Å². The van der Waals surface area contributed by atoms with E-state index in [1.165, 1.54) is 30.9 Å². The normalized spacial score (nSPS) is 15.8. The molecular formula is C17H23N5O3S. The minimum Gasteiger partial charge on any atom is -0.459 e. The number of rotatable bonds is 7. The topological polar surface area (TPSA) is 102 Å². The van der Waals surface area contributed by atoms with Crippen LogP contribution in [0.15, 0.2) is 28.0 Å². The molecule has 0 bridgehead atoms. The summed E-state index contributed by atoms with van der Waals surface area (Å²) in [5.41, 5.74) is 0. The van der Waals surface area contributed by atoms with Gasteiger partial charge in [-0.2, -0.15) is 0 Å². The van der Waals surface area contributed by atoms with Gasteiger partial charge in [0.2, 0.25) is 5.91 Å². The molecule has 26 heavy (non-hydrogen) atoms. The quantitative estimate of drug-likeness (QED) is 0.714. The van der Waals surface area contributed by atoms with Gasteiger partial charge in [-0.3, -0.25) is 9.59 Å². The van der Waals surface area contributed by atoms with Crippen molar-refractivity contribution < 1.29 is 14.0 Å². The third-order valence-electron chi connectivity index (χ3n) is 4.43. The van der Waals surface area contributed by atoms with Crippen LogP contribution in [0, 0.1) is 0 Å². The van der Waals surface area contributed by atoms with Gasteiger partial charge < -0.3 is 19.6 Å². The van der Waals surface area contributed by atoms with Gasteiger partial charge in [-0.1, -0.05) is 24.6 Å². The lowest BCUT2D eigenvalue weighted by Crippen LogP contribution is -2.37. The Labute approximate surface area is 156 Å². The highest BCUT2D eigenvalue weighted by molar-refractivity contribution is 8.00. The van der Waals surface area contributed by atoms with Crippen molar-refractivity contribution in [3.05, 3.63) is 30.0 Å². The molecule has 140 valence electrons. The van der Waals surface area contributed by atoms with Gasteiger partial charge in [-0.05, 0) is 31.9 Å². The molecule has 0 radical (unpaired) electrons. The lowest BCUT2D eigenvalue weighted by atomic mass is 10.2. The number of hydrogen-bond acceptors (Lipinski definition) is 6. The van der Waals surface area contributed by atoms with E-state index in [0.717, 1.165) is 12.8 Å². The molecule has 8 nitrogen and oxygen atoms in total. The Kier molecular flexibility index (Phi) is 5.97. The van der Waals surface area contributed by atoms with Gasteiger partial charge in [-0.25, -0.2) is 0 Å². The van der Waals surface area contributed by atoms with E-state index in [1.54, 1.807) is 16.7 Å². The summed E-state index contributed by atoms with van der Waals surface area (Å²) in [5.74, 6) is 0.573. The van der Waals surface area contributed by atoms with Crippen LogP contribution >= 0.6 is 11.8 Å². The summed E-state index contributed by atoms with van der Waals surface area (Å²) in [6.45, 7) is 2.09. The summed E-state index contributed by atoms with van der Waals surface area (Å²) in [6, 6.07) is 3.56. The Morgan fingerprint density at radius 2 is 2.15 bits per heavy atom. The number of carbonyl (C=O) groups is 2. The first kappa shape index (κ1) is 18.5. The van der Waals surface area contributed by atoms with E-state index >= 15 is 0 Å². The van der Waals surface area contributed by atoms with Crippen LogP contribution < -0.4 is 10.6 Å². The van der Waals surface area contributed by atoms with Crippen molar-refractivity contribution in [3.63, 3.8) is 0 Å². The second-order valence-electron chi connectivity index (χ2n) is 6.37. The molecule has 9 heteroatoms. The van der Waals surface area contributed by atoms with Gasteiger partial charge in [0.1, 0.15) is 0 Å². The molecule has 1 fully saturated rings. The van der Waals surface area contributed by atoms with Gasteiger partial charge >= 0.3 is 0 Å². The highest BCUT2D eigenvalue weighted by Gasteiger charge is 2.23. The largest absolute Gasteiger partial charge is 0.459 e. The minimum absolute atomic E-state index is 0.0255. The first-order chi connectivity index (χ1) is 12.5. The molecule has 0 aromatic carbocycles. The number of aromatic nitrogens is 3. The third kappa shape index (κ3) is 4.46. The van der Waals surface area contributed by atoms with Crippen molar-refractivity contribution >= 4 is 23.6 Å². The van der Waals surface area contributed by atoms with E-state index < -0.39 is 0 Å². The monoisotopic (exact) mass is 377 g/mol. The Balaban J connectivity index is 1.52. The molecule has 1 atom stereocenters. The lowest BCUT2D eigenvalue weighted by molar-refractivity contribution is -0.120. The molecule has 2 N–H and O–H groups in total. The van der Waals surface area contributed by atoms with Crippen LogP contribution in [0.2, 0.25) is 0 Å². The van der Waals surface area contributed by atoms with Crippen LogP contribution in [0.3, 0.4) is 0 Å². The molecule has 3 rings (SSSR count). The molecule has 2 aromatic rings. The van der Waals surface area contributed by atoms with E-state index in [1.807, 2.05) is 14.0 Å². The lowest BCUT2D eigenvalue weighted by Gasteiger charge is -2.16. The van der Waals surface area contributed by atoms with E-state index in [-0.39, 0.29) is 29.4 Å². The number of nitrogens with one attached hydrogen (secondary N) is 2. The maximum absolute atomic E-state index is 12.3. The van der Waals surface area contributed by atoms with Crippen LogP contribution in [0.5, 0.6) is 0 Å². The minimum atomic E-state index is -0.309. The zero-order valence-electron chi connectivity index (χ0n) is 14.9. The molecule has 2 heterocycles. The SMILES string of the molecule is C[C@H](Sc1nnc(CNC(=O)c2ccco2)n1C)C(=O)NC1CCCC1.